The van der Waals surface area contributed by atoms with E-state index in [0.717, 1.165) is 37.5 Å². The van der Waals surface area contributed by atoms with E-state index in [1.54, 1.807) is 23.1 Å². The Bertz CT molecular complexity index is 938. The van der Waals surface area contributed by atoms with Crippen LogP contribution in [0.15, 0.2) is 24.8 Å². The first-order valence-corrected chi connectivity index (χ1v) is 8.29. The van der Waals surface area contributed by atoms with Crippen LogP contribution in [0.1, 0.15) is 31.7 Å². The fourth-order valence-corrected chi connectivity index (χ4v) is 3.71. The fraction of sp³-hybridized carbons (Fsp3) is 0.353. The number of hydrogen-bond donors (Lipinski definition) is 3. The van der Waals surface area contributed by atoms with E-state index in [4.69, 9.17) is 5.41 Å². The number of Topliss-reactive ketones (excluding diaryl/α,β-unsaturated/α-hetero) is 1. The van der Waals surface area contributed by atoms with Crippen LogP contribution in [0, 0.1) is 11.3 Å². The molecule has 1 aliphatic carbocycles. The Morgan fingerprint density at radius 3 is 2.96 bits per heavy atom. The Balaban J connectivity index is 1.75. The van der Waals surface area contributed by atoms with Gasteiger partial charge in [0.2, 0.25) is 0 Å². The summed E-state index contributed by atoms with van der Waals surface area (Å²) < 4.78 is 1.65. The van der Waals surface area contributed by atoms with Crippen molar-refractivity contribution in [1.29, 1.82) is 5.41 Å². The SMILES string of the molecule is N=CC(=O)C(C1CCCC1)n1cc(-c2ncnc3[nH]c(O)cc23)cn1. The lowest BCUT2D eigenvalue weighted by molar-refractivity contribution is -0.117. The molecule has 3 N–H and O–H groups in total. The highest BCUT2D eigenvalue weighted by Gasteiger charge is 2.32. The first-order valence-electron chi connectivity index (χ1n) is 8.29. The second kappa shape index (κ2) is 6.12. The lowest BCUT2D eigenvalue weighted by atomic mass is 9.95. The second-order valence-corrected chi connectivity index (χ2v) is 6.38. The number of hydrogen-bond acceptors (Lipinski definition) is 6. The van der Waals surface area contributed by atoms with Gasteiger partial charge in [-0.2, -0.15) is 5.10 Å². The van der Waals surface area contributed by atoms with Crippen molar-refractivity contribution >= 4 is 23.0 Å². The minimum atomic E-state index is -0.439. The highest BCUT2D eigenvalue weighted by molar-refractivity contribution is 6.28. The molecule has 1 atom stereocenters. The van der Waals surface area contributed by atoms with Gasteiger partial charge in [-0.3, -0.25) is 9.48 Å². The summed E-state index contributed by atoms with van der Waals surface area (Å²) in [5.74, 6) is 0.00389. The van der Waals surface area contributed by atoms with E-state index >= 15 is 0 Å². The van der Waals surface area contributed by atoms with Crippen LogP contribution in [-0.2, 0) is 4.79 Å². The molecule has 8 nitrogen and oxygen atoms in total. The molecular formula is C17H18N6O2. The maximum absolute atomic E-state index is 12.3. The Morgan fingerprint density at radius 1 is 1.40 bits per heavy atom. The van der Waals surface area contributed by atoms with Crippen LogP contribution >= 0.6 is 0 Å². The van der Waals surface area contributed by atoms with Crippen molar-refractivity contribution in [3.05, 3.63) is 24.8 Å². The third-order valence-corrected chi connectivity index (χ3v) is 4.85. The molecule has 0 aromatic carbocycles. The van der Waals surface area contributed by atoms with Gasteiger partial charge in [0.15, 0.2) is 11.7 Å². The zero-order valence-corrected chi connectivity index (χ0v) is 13.5. The van der Waals surface area contributed by atoms with E-state index in [1.165, 1.54) is 6.33 Å². The Hall–Kier alpha value is -3.03. The van der Waals surface area contributed by atoms with Gasteiger partial charge in [0.25, 0.3) is 0 Å². The average molecular weight is 338 g/mol. The monoisotopic (exact) mass is 338 g/mol. The molecule has 0 amide bonds. The molecule has 0 bridgehead atoms. The zero-order valence-electron chi connectivity index (χ0n) is 13.5. The van der Waals surface area contributed by atoms with Gasteiger partial charge in [0, 0.05) is 23.2 Å². The maximum atomic E-state index is 12.3. The molecule has 0 spiro atoms. The number of carbonyl (C=O) groups is 1. The molecule has 1 fully saturated rings. The van der Waals surface area contributed by atoms with Gasteiger partial charge in [-0.25, -0.2) is 9.97 Å². The van der Waals surface area contributed by atoms with Crippen LogP contribution < -0.4 is 0 Å². The molecule has 1 aliphatic rings. The quantitative estimate of drug-likeness (QED) is 0.617. The molecule has 0 radical (unpaired) electrons. The first-order chi connectivity index (χ1) is 12.2. The highest BCUT2D eigenvalue weighted by Crippen LogP contribution is 2.35. The van der Waals surface area contributed by atoms with E-state index in [-0.39, 0.29) is 17.6 Å². The van der Waals surface area contributed by atoms with Gasteiger partial charge < -0.3 is 15.5 Å². The van der Waals surface area contributed by atoms with E-state index in [2.05, 4.69) is 20.1 Å². The van der Waals surface area contributed by atoms with Crippen LogP contribution in [0.3, 0.4) is 0 Å². The summed E-state index contributed by atoms with van der Waals surface area (Å²) in [5, 5.41) is 22.1. The summed E-state index contributed by atoms with van der Waals surface area (Å²) in [5.41, 5.74) is 1.92. The van der Waals surface area contributed by atoms with Crippen molar-refractivity contribution in [3.8, 4) is 17.1 Å². The van der Waals surface area contributed by atoms with Gasteiger partial charge >= 0.3 is 0 Å². The normalized spacial score (nSPS) is 16.3. The lowest BCUT2D eigenvalue weighted by Gasteiger charge is -2.20. The molecule has 0 aliphatic heterocycles. The number of carbonyl (C=O) groups excluding carboxylic acids is 1. The zero-order chi connectivity index (χ0) is 17.4. The number of ketones is 1. The molecule has 3 aromatic heterocycles. The summed E-state index contributed by atoms with van der Waals surface area (Å²) in [6, 6.07) is 1.13. The maximum Gasteiger partial charge on any atom is 0.197 e. The van der Waals surface area contributed by atoms with Crippen LogP contribution in [0.5, 0.6) is 5.88 Å². The van der Waals surface area contributed by atoms with Crippen LogP contribution in [0.4, 0.5) is 0 Å². The smallest absolute Gasteiger partial charge is 0.197 e. The summed E-state index contributed by atoms with van der Waals surface area (Å²) >= 11 is 0. The Labute approximate surface area is 143 Å². The Morgan fingerprint density at radius 2 is 2.20 bits per heavy atom. The van der Waals surface area contributed by atoms with Gasteiger partial charge in [0.1, 0.15) is 18.0 Å². The van der Waals surface area contributed by atoms with Gasteiger partial charge in [-0.1, -0.05) is 12.8 Å². The van der Waals surface area contributed by atoms with Crippen molar-refractivity contribution in [2.45, 2.75) is 31.7 Å². The average Bonchev–Trinajstić information content (AvgIpc) is 3.34. The Kier molecular flexibility index (Phi) is 3.79. The number of fused-ring (bicyclic) bond motifs is 1. The van der Waals surface area contributed by atoms with Crippen LogP contribution in [0.25, 0.3) is 22.3 Å². The van der Waals surface area contributed by atoms with Gasteiger partial charge in [-0.05, 0) is 18.8 Å². The molecule has 8 heteroatoms. The number of aromatic amines is 1. The minimum Gasteiger partial charge on any atom is -0.495 e. The number of nitrogens with zero attached hydrogens (tertiary/aromatic N) is 4. The summed E-state index contributed by atoms with van der Waals surface area (Å²) in [6.45, 7) is 0. The van der Waals surface area contributed by atoms with Crippen LogP contribution in [0.2, 0.25) is 0 Å². The van der Waals surface area contributed by atoms with Crippen molar-refractivity contribution in [2.75, 3.05) is 0 Å². The summed E-state index contributed by atoms with van der Waals surface area (Å²) in [4.78, 5) is 23.5. The van der Waals surface area contributed by atoms with Crippen LogP contribution in [-0.4, -0.2) is 41.8 Å². The topological polar surface area (TPSA) is 121 Å². The van der Waals surface area contributed by atoms with Crippen molar-refractivity contribution in [1.82, 2.24) is 24.7 Å². The standard InChI is InChI=1S/C17H18N6O2/c18-6-13(24)16(10-3-1-2-4-10)23-8-11(7-21-23)15-12-5-14(25)22-17(12)20-9-19-15/h5-10,16,18,25H,1-4H2,(H,19,20,22). The molecule has 3 aromatic rings. The summed E-state index contributed by atoms with van der Waals surface area (Å²) in [6.07, 6.45) is 9.91. The predicted octanol–water partition coefficient (Wildman–Crippen LogP) is 2.48. The molecule has 4 rings (SSSR count). The molecule has 1 unspecified atom stereocenters. The third kappa shape index (κ3) is 2.69. The number of aromatic hydroxyl groups is 1. The minimum absolute atomic E-state index is 0.0203. The molecule has 1 saturated carbocycles. The van der Waals surface area contributed by atoms with Gasteiger partial charge in [0.05, 0.1) is 18.1 Å². The molecule has 3 heterocycles. The van der Waals surface area contributed by atoms with E-state index in [9.17, 15) is 9.90 Å². The number of nitrogens with one attached hydrogen (secondary N) is 2. The van der Waals surface area contributed by atoms with E-state index < -0.39 is 6.04 Å². The number of aromatic nitrogens is 5. The number of rotatable bonds is 5. The van der Waals surface area contributed by atoms with Crippen molar-refractivity contribution in [2.24, 2.45) is 5.92 Å². The van der Waals surface area contributed by atoms with Crippen molar-refractivity contribution < 1.29 is 9.90 Å². The van der Waals surface area contributed by atoms with Crippen molar-refractivity contribution in [3.63, 3.8) is 0 Å². The first kappa shape index (κ1) is 15.5. The second-order valence-electron chi connectivity index (χ2n) is 6.38. The highest BCUT2D eigenvalue weighted by atomic mass is 16.3. The van der Waals surface area contributed by atoms with Gasteiger partial charge in [-0.15, -0.1) is 0 Å². The molecular weight excluding hydrogens is 320 g/mol. The van der Waals surface area contributed by atoms with E-state index in [0.29, 0.717) is 16.7 Å². The summed E-state index contributed by atoms with van der Waals surface area (Å²) in [7, 11) is 0. The van der Waals surface area contributed by atoms with E-state index in [1.807, 2.05) is 0 Å². The fourth-order valence-electron chi connectivity index (χ4n) is 3.71. The molecule has 128 valence electrons. The lowest BCUT2D eigenvalue weighted by Crippen LogP contribution is -2.27. The largest absolute Gasteiger partial charge is 0.495 e. The molecule has 25 heavy (non-hydrogen) atoms. The predicted molar refractivity (Wildman–Crippen MR) is 91.6 cm³/mol. The number of H-pyrrole nitrogens is 1. The molecule has 0 saturated heterocycles. The third-order valence-electron chi connectivity index (χ3n) is 4.85.